The van der Waals surface area contributed by atoms with Gasteiger partial charge in [0.15, 0.2) is 5.13 Å². The SMILES string of the molecule is CCNC(C)c1csc(N(CCOC)CC(C)C)n1. The van der Waals surface area contributed by atoms with Gasteiger partial charge in [-0.1, -0.05) is 20.8 Å². The summed E-state index contributed by atoms with van der Waals surface area (Å²) in [6.45, 7) is 12.4. The van der Waals surface area contributed by atoms with E-state index in [9.17, 15) is 0 Å². The third kappa shape index (κ3) is 5.47. The molecule has 1 heterocycles. The zero-order valence-corrected chi connectivity index (χ0v) is 13.6. The van der Waals surface area contributed by atoms with Gasteiger partial charge in [0.2, 0.25) is 0 Å². The van der Waals surface area contributed by atoms with Gasteiger partial charge in [0.05, 0.1) is 12.3 Å². The molecule has 0 saturated carbocycles. The highest BCUT2D eigenvalue weighted by molar-refractivity contribution is 7.13. The zero-order chi connectivity index (χ0) is 14.3. The maximum absolute atomic E-state index is 5.19. The fraction of sp³-hybridized carbons (Fsp3) is 0.786. The van der Waals surface area contributed by atoms with Crippen molar-refractivity contribution in [1.82, 2.24) is 10.3 Å². The van der Waals surface area contributed by atoms with E-state index in [1.165, 1.54) is 0 Å². The molecule has 0 bridgehead atoms. The van der Waals surface area contributed by atoms with Gasteiger partial charge in [0, 0.05) is 31.6 Å². The van der Waals surface area contributed by atoms with Crippen LogP contribution in [-0.2, 0) is 4.74 Å². The molecule has 0 aromatic carbocycles. The Balaban J connectivity index is 2.72. The minimum Gasteiger partial charge on any atom is -0.383 e. The largest absolute Gasteiger partial charge is 0.383 e. The van der Waals surface area contributed by atoms with E-state index in [1.807, 2.05) is 0 Å². The molecule has 0 aliphatic heterocycles. The fourth-order valence-corrected chi connectivity index (χ4v) is 2.89. The Bertz CT molecular complexity index is 354. The molecule has 0 spiro atoms. The molecular weight excluding hydrogens is 258 g/mol. The van der Waals surface area contributed by atoms with Gasteiger partial charge in [-0.15, -0.1) is 11.3 Å². The maximum Gasteiger partial charge on any atom is 0.185 e. The molecule has 1 aromatic heterocycles. The number of ether oxygens (including phenoxy) is 1. The van der Waals surface area contributed by atoms with E-state index in [-0.39, 0.29) is 0 Å². The second-order valence-electron chi connectivity index (χ2n) is 5.17. The Labute approximate surface area is 121 Å². The molecule has 4 nitrogen and oxygen atoms in total. The third-order valence-electron chi connectivity index (χ3n) is 2.89. The molecule has 0 aliphatic carbocycles. The first-order valence-corrected chi connectivity index (χ1v) is 7.89. The predicted octanol–water partition coefficient (Wildman–Crippen LogP) is 2.92. The summed E-state index contributed by atoms with van der Waals surface area (Å²) in [5, 5.41) is 6.66. The van der Waals surface area contributed by atoms with E-state index in [2.05, 4.69) is 43.3 Å². The topological polar surface area (TPSA) is 37.4 Å². The summed E-state index contributed by atoms with van der Waals surface area (Å²) in [6, 6.07) is 0.318. The van der Waals surface area contributed by atoms with Crippen LogP contribution >= 0.6 is 11.3 Å². The van der Waals surface area contributed by atoms with E-state index in [0.717, 1.165) is 37.1 Å². The highest BCUT2D eigenvalue weighted by Gasteiger charge is 2.15. The summed E-state index contributed by atoms with van der Waals surface area (Å²) >= 11 is 1.72. The van der Waals surface area contributed by atoms with Crippen LogP contribution in [0.1, 0.15) is 39.4 Å². The number of nitrogens with zero attached hydrogens (tertiary/aromatic N) is 2. The molecule has 1 aromatic rings. The molecular formula is C14H27N3OS. The van der Waals surface area contributed by atoms with Crippen molar-refractivity contribution < 1.29 is 4.74 Å². The number of rotatable bonds is 9. The summed E-state index contributed by atoms with van der Waals surface area (Å²) in [6.07, 6.45) is 0. The van der Waals surface area contributed by atoms with Crippen molar-refractivity contribution in [3.05, 3.63) is 11.1 Å². The molecule has 0 aliphatic rings. The number of nitrogens with one attached hydrogen (secondary N) is 1. The van der Waals surface area contributed by atoms with Gasteiger partial charge in [0.25, 0.3) is 0 Å². The summed E-state index contributed by atoms with van der Waals surface area (Å²) in [4.78, 5) is 7.08. The molecule has 1 unspecified atom stereocenters. The molecule has 19 heavy (non-hydrogen) atoms. The lowest BCUT2D eigenvalue weighted by Gasteiger charge is -2.23. The number of hydrogen-bond acceptors (Lipinski definition) is 5. The smallest absolute Gasteiger partial charge is 0.185 e. The van der Waals surface area contributed by atoms with Crippen LogP contribution in [0.5, 0.6) is 0 Å². The highest BCUT2D eigenvalue weighted by atomic mass is 32.1. The number of hydrogen-bond donors (Lipinski definition) is 1. The standard InChI is InChI=1S/C14H27N3OS/c1-6-15-12(4)13-10-19-14(16-13)17(7-8-18-5)9-11(2)3/h10-12,15H,6-9H2,1-5H3. The average Bonchev–Trinajstić information content (AvgIpc) is 2.84. The van der Waals surface area contributed by atoms with Gasteiger partial charge >= 0.3 is 0 Å². The van der Waals surface area contributed by atoms with Crippen LogP contribution < -0.4 is 10.2 Å². The number of aromatic nitrogens is 1. The second-order valence-corrected chi connectivity index (χ2v) is 6.00. The first kappa shape index (κ1) is 16.4. The summed E-state index contributed by atoms with van der Waals surface area (Å²) in [5.74, 6) is 0.621. The van der Waals surface area contributed by atoms with Crippen LogP contribution in [0.2, 0.25) is 0 Å². The Morgan fingerprint density at radius 3 is 2.74 bits per heavy atom. The van der Waals surface area contributed by atoms with Crippen LogP contribution in [0.4, 0.5) is 5.13 Å². The van der Waals surface area contributed by atoms with Crippen LogP contribution in [-0.4, -0.2) is 38.3 Å². The molecule has 110 valence electrons. The Morgan fingerprint density at radius 1 is 1.42 bits per heavy atom. The van der Waals surface area contributed by atoms with Crippen molar-refractivity contribution in [3.63, 3.8) is 0 Å². The molecule has 0 amide bonds. The van der Waals surface area contributed by atoms with Crippen LogP contribution in [0.15, 0.2) is 5.38 Å². The molecule has 0 fully saturated rings. The van der Waals surface area contributed by atoms with Gasteiger partial charge in [-0.3, -0.25) is 0 Å². The average molecular weight is 285 g/mol. The number of thiazole rings is 1. The van der Waals surface area contributed by atoms with E-state index in [1.54, 1.807) is 18.4 Å². The van der Waals surface area contributed by atoms with Crippen molar-refractivity contribution >= 4 is 16.5 Å². The van der Waals surface area contributed by atoms with Crippen molar-refractivity contribution in [1.29, 1.82) is 0 Å². The van der Waals surface area contributed by atoms with Crippen LogP contribution in [0.3, 0.4) is 0 Å². The minimum atomic E-state index is 0.318. The predicted molar refractivity (Wildman–Crippen MR) is 83.1 cm³/mol. The van der Waals surface area contributed by atoms with Gasteiger partial charge < -0.3 is 15.0 Å². The van der Waals surface area contributed by atoms with Gasteiger partial charge in [0.1, 0.15) is 0 Å². The minimum absolute atomic E-state index is 0.318. The van der Waals surface area contributed by atoms with E-state index in [4.69, 9.17) is 9.72 Å². The normalized spacial score (nSPS) is 12.9. The molecule has 0 radical (unpaired) electrons. The first-order valence-electron chi connectivity index (χ1n) is 7.01. The number of methoxy groups -OCH3 is 1. The van der Waals surface area contributed by atoms with Gasteiger partial charge in [-0.25, -0.2) is 4.98 Å². The quantitative estimate of drug-likeness (QED) is 0.757. The fourth-order valence-electron chi connectivity index (χ4n) is 1.94. The van der Waals surface area contributed by atoms with Crippen molar-refractivity contribution in [2.45, 2.75) is 33.7 Å². The maximum atomic E-state index is 5.19. The summed E-state index contributed by atoms with van der Waals surface area (Å²) in [5.41, 5.74) is 1.13. The van der Waals surface area contributed by atoms with Crippen LogP contribution in [0, 0.1) is 5.92 Å². The van der Waals surface area contributed by atoms with E-state index in [0.29, 0.717) is 12.0 Å². The van der Waals surface area contributed by atoms with Gasteiger partial charge in [-0.05, 0) is 19.4 Å². The highest BCUT2D eigenvalue weighted by Crippen LogP contribution is 2.24. The molecule has 5 heteroatoms. The third-order valence-corrected chi connectivity index (χ3v) is 3.80. The summed E-state index contributed by atoms with van der Waals surface area (Å²) < 4.78 is 5.19. The van der Waals surface area contributed by atoms with E-state index >= 15 is 0 Å². The molecule has 1 atom stereocenters. The monoisotopic (exact) mass is 285 g/mol. The second kappa shape index (κ2) is 8.51. The first-order chi connectivity index (χ1) is 9.08. The zero-order valence-electron chi connectivity index (χ0n) is 12.8. The Morgan fingerprint density at radius 2 is 2.16 bits per heavy atom. The number of anilines is 1. The van der Waals surface area contributed by atoms with Crippen molar-refractivity contribution in [2.75, 3.05) is 38.3 Å². The lowest BCUT2D eigenvalue weighted by molar-refractivity contribution is 0.204. The van der Waals surface area contributed by atoms with Gasteiger partial charge in [-0.2, -0.15) is 0 Å². The molecule has 1 N–H and O–H groups in total. The lowest BCUT2D eigenvalue weighted by atomic mass is 10.2. The summed E-state index contributed by atoms with van der Waals surface area (Å²) in [7, 11) is 1.74. The Hall–Kier alpha value is -0.650. The lowest BCUT2D eigenvalue weighted by Crippen LogP contribution is -2.31. The Kier molecular flexibility index (Phi) is 7.34. The van der Waals surface area contributed by atoms with E-state index < -0.39 is 0 Å². The molecule has 1 rings (SSSR count). The van der Waals surface area contributed by atoms with Crippen molar-refractivity contribution in [2.24, 2.45) is 5.92 Å². The molecule has 0 saturated heterocycles. The van der Waals surface area contributed by atoms with Crippen LogP contribution in [0.25, 0.3) is 0 Å². The van der Waals surface area contributed by atoms with Crippen molar-refractivity contribution in [3.8, 4) is 0 Å².